The van der Waals surface area contributed by atoms with Gasteiger partial charge in [0, 0.05) is 22.5 Å². The van der Waals surface area contributed by atoms with Gasteiger partial charge in [-0.15, -0.1) is 0 Å². The highest BCUT2D eigenvalue weighted by Gasteiger charge is 2.24. The van der Waals surface area contributed by atoms with E-state index in [1.165, 1.54) is 21.9 Å². The van der Waals surface area contributed by atoms with Crippen molar-refractivity contribution in [3.05, 3.63) is 259 Å². The average molecular weight is 934 g/mol. The molecule has 0 atom stereocenters. The van der Waals surface area contributed by atoms with Crippen molar-refractivity contribution in [3.63, 3.8) is 0 Å². The maximum absolute atomic E-state index is 9.06. The summed E-state index contributed by atoms with van der Waals surface area (Å²) in [4.78, 5) is 4.95. The molecular weight excluding hydrogens is 877 g/mol. The standard InChI is InChI=1S/C67H52N4O/c1-67(2,3)55-38-51(48-20-8-5-9-21-48)37-52(39-55)58-27-16-26-57(50-23-15-22-49(36-50)47-18-6-4-7-19-47)66(58)70-44-69(62-29-12-13-30-63(62)70)56-24-14-17-45(34-56)33-46-31-32-60-59-25-10-11-28-61(59)71(64(60)35-46)65-40-53-42-72-43-54(53)41-68-65/h4-32,34-41H,33,42-43H2,1-3H3/i5D,8D,9D,20D,21D. The molecule has 0 aliphatic carbocycles. The van der Waals surface area contributed by atoms with E-state index in [9.17, 15) is 0 Å². The number of benzene rings is 9. The minimum Gasteiger partial charge on any atom is -0.372 e. The van der Waals surface area contributed by atoms with Crippen molar-refractivity contribution in [2.45, 2.75) is 45.8 Å². The molecule has 1 aliphatic heterocycles. The second kappa shape index (κ2) is 17.6. The minimum absolute atomic E-state index is 0.168. The molecule has 0 bridgehead atoms. The lowest BCUT2D eigenvalue weighted by Crippen LogP contribution is -2.31. The van der Waals surface area contributed by atoms with Crippen molar-refractivity contribution >= 4 is 32.8 Å². The molecule has 1 aliphatic rings. The maximum atomic E-state index is 9.06. The molecule has 13 rings (SSSR count). The SMILES string of the molecule is [2H]c1c([2H])c([2H])c(-c2cc(-c3cccc(-c4cccc(-c5ccccc5)c4)c3-[n+]3[c-]n(-c4cccc(Cc5ccc6c7ccccc7n(-c7cc8c(cn7)COC8)c6c5)c4)c4ccccc43)cc(C(C)(C)C)c2)c([2H])c1[2H]. The highest BCUT2D eigenvalue weighted by molar-refractivity contribution is 6.09. The molecule has 0 saturated heterocycles. The van der Waals surface area contributed by atoms with Gasteiger partial charge in [-0.05, 0) is 121 Å². The van der Waals surface area contributed by atoms with E-state index in [-0.39, 0.29) is 35.1 Å². The van der Waals surface area contributed by atoms with Crippen molar-refractivity contribution in [1.29, 1.82) is 0 Å². The summed E-state index contributed by atoms with van der Waals surface area (Å²) in [5.41, 5.74) is 17.8. The number of rotatable bonds is 9. The van der Waals surface area contributed by atoms with E-state index in [0.717, 1.165) is 89.3 Å². The third kappa shape index (κ3) is 7.79. The number of para-hydroxylation sites is 4. The Kier molecular flexibility index (Phi) is 9.35. The first-order chi connectivity index (χ1) is 37.4. The number of hydrogen-bond acceptors (Lipinski definition) is 2. The van der Waals surface area contributed by atoms with E-state index in [4.69, 9.17) is 16.6 Å². The second-order valence-corrected chi connectivity index (χ2v) is 19.8. The van der Waals surface area contributed by atoms with Gasteiger partial charge in [-0.2, -0.15) is 0 Å². The lowest BCUT2D eigenvalue weighted by atomic mass is 9.82. The molecule has 3 aromatic heterocycles. The summed E-state index contributed by atoms with van der Waals surface area (Å²) in [6.45, 7) is 7.59. The molecule has 9 aromatic carbocycles. The number of nitrogens with zero attached hydrogens (tertiary/aromatic N) is 4. The monoisotopic (exact) mass is 933 g/mol. The van der Waals surface area contributed by atoms with Crippen LogP contribution in [-0.2, 0) is 29.8 Å². The second-order valence-electron chi connectivity index (χ2n) is 19.8. The number of hydrogen-bond donors (Lipinski definition) is 0. The minimum atomic E-state index is -0.418. The van der Waals surface area contributed by atoms with Crippen LogP contribution in [0.4, 0.5) is 0 Å². The fourth-order valence-corrected chi connectivity index (χ4v) is 10.5. The predicted octanol–water partition coefficient (Wildman–Crippen LogP) is 15.8. The fourth-order valence-electron chi connectivity index (χ4n) is 10.5. The summed E-state index contributed by atoms with van der Waals surface area (Å²) in [6.07, 6.45) is 6.53. The van der Waals surface area contributed by atoms with Crippen LogP contribution in [0.15, 0.2) is 224 Å². The topological polar surface area (TPSA) is 35.9 Å². The molecule has 0 spiro atoms. The van der Waals surface area contributed by atoms with Crippen LogP contribution in [0.2, 0.25) is 0 Å². The van der Waals surface area contributed by atoms with Crippen LogP contribution in [-0.4, -0.2) is 14.1 Å². The van der Waals surface area contributed by atoms with Gasteiger partial charge in [0.2, 0.25) is 0 Å². The molecule has 0 radical (unpaired) electrons. The van der Waals surface area contributed by atoms with Gasteiger partial charge in [0.05, 0.1) is 53.5 Å². The zero-order chi connectivity index (χ0) is 52.7. The zero-order valence-electron chi connectivity index (χ0n) is 45.3. The molecular formula is C67H52N4O. The highest BCUT2D eigenvalue weighted by atomic mass is 16.5. The van der Waals surface area contributed by atoms with Crippen molar-refractivity contribution in [3.8, 4) is 61.7 Å². The molecule has 0 fully saturated rings. The van der Waals surface area contributed by atoms with E-state index >= 15 is 0 Å². The van der Waals surface area contributed by atoms with Crippen LogP contribution in [0.3, 0.4) is 0 Å². The first kappa shape index (κ1) is 38.2. The third-order valence-corrected chi connectivity index (χ3v) is 14.1. The largest absolute Gasteiger partial charge is 0.372 e. The number of pyridine rings is 1. The fraction of sp³-hybridized carbons (Fsp3) is 0.104. The maximum Gasteiger partial charge on any atom is 0.269 e. The zero-order valence-corrected chi connectivity index (χ0v) is 40.3. The molecule has 5 heteroatoms. The number of fused-ring (bicyclic) bond motifs is 5. The van der Waals surface area contributed by atoms with Crippen LogP contribution in [0.25, 0.3) is 94.5 Å². The van der Waals surface area contributed by atoms with E-state index < -0.39 is 6.04 Å². The van der Waals surface area contributed by atoms with Gasteiger partial charge in [-0.1, -0.05) is 197 Å². The molecule has 4 heterocycles. The molecule has 0 unspecified atom stereocenters. The van der Waals surface area contributed by atoms with Crippen LogP contribution >= 0.6 is 0 Å². The van der Waals surface area contributed by atoms with Crippen LogP contribution in [0, 0.1) is 6.33 Å². The van der Waals surface area contributed by atoms with Gasteiger partial charge in [0.15, 0.2) is 0 Å². The van der Waals surface area contributed by atoms with Crippen molar-refractivity contribution < 1.29 is 16.2 Å². The molecule has 0 N–H and O–H groups in total. The van der Waals surface area contributed by atoms with Crippen LogP contribution in [0.1, 0.15) is 55.4 Å². The van der Waals surface area contributed by atoms with Crippen molar-refractivity contribution in [2.75, 3.05) is 0 Å². The van der Waals surface area contributed by atoms with Crippen LogP contribution in [0.5, 0.6) is 0 Å². The quantitative estimate of drug-likeness (QED) is 0.107. The molecule has 346 valence electrons. The van der Waals surface area contributed by atoms with Gasteiger partial charge in [-0.3, -0.25) is 13.7 Å². The number of aromatic nitrogens is 4. The normalized spacial score (nSPS) is 13.5. The van der Waals surface area contributed by atoms with Crippen molar-refractivity contribution in [1.82, 2.24) is 14.1 Å². The molecule has 0 amide bonds. The van der Waals surface area contributed by atoms with Crippen molar-refractivity contribution in [2.24, 2.45) is 0 Å². The Morgan fingerprint density at radius 1 is 0.556 bits per heavy atom. The first-order valence-electron chi connectivity index (χ1n) is 27.0. The lowest BCUT2D eigenvalue weighted by Gasteiger charge is -2.23. The Balaban J connectivity index is 0.977. The summed E-state index contributed by atoms with van der Waals surface area (Å²) in [7, 11) is 0. The van der Waals surface area contributed by atoms with E-state index in [0.29, 0.717) is 25.2 Å². The molecule has 72 heavy (non-hydrogen) atoms. The summed E-state index contributed by atoms with van der Waals surface area (Å²) in [5.74, 6) is 0.882. The first-order valence-corrected chi connectivity index (χ1v) is 24.5. The Labute approximate surface area is 427 Å². The average Bonchev–Trinajstić information content (AvgIpc) is 4.30. The summed E-state index contributed by atoms with van der Waals surface area (Å²) >= 11 is 0. The van der Waals surface area contributed by atoms with Gasteiger partial charge < -0.3 is 4.74 Å². The number of ether oxygens (including phenoxy) is 1. The predicted molar refractivity (Wildman–Crippen MR) is 294 cm³/mol. The van der Waals surface area contributed by atoms with Gasteiger partial charge >= 0.3 is 0 Å². The molecule has 0 saturated carbocycles. The summed E-state index contributed by atoms with van der Waals surface area (Å²) in [6, 6.07) is 64.5. The van der Waals surface area contributed by atoms with Gasteiger partial charge in [0.1, 0.15) is 5.82 Å². The smallest absolute Gasteiger partial charge is 0.269 e. The van der Waals surface area contributed by atoms with E-state index in [2.05, 4.69) is 211 Å². The number of imidazole rings is 1. The highest BCUT2D eigenvalue weighted by Crippen LogP contribution is 2.40. The summed E-state index contributed by atoms with van der Waals surface area (Å²) in [5, 5.41) is 2.36. The Hall–Kier alpha value is -8.64. The molecule has 12 aromatic rings. The lowest BCUT2D eigenvalue weighted by molar-refractivity contribution is -0.571. The summed E-state index contributed by atoms with van der Waals surface area (Å²) < 4.78 is 56.1. The Bertz CT molecular complexity index is 4310. The Morgan fingerprint density at radius 3 is 2.10 bits per heavy atom. The van der Waals surface area contributed by atoms with Crippen LogP contribution < -0.4 is 4.57 Å². The van der Waals surface area contributed by atoms with Gasteiger partial charge in [-0.25, -0.2) is 4.98 Å². The van der Waals surface area contributed by atoms with E-state index in [1.807, 2.05) is 24.4 Å². The third-order valence-electron chi connectivity index (χ3n) is 14.1. The van der Waals surface area contributed by atoms with Gasteiger partial charge in [0.25, 0.3) is 6.33 Å². The Morgan fingerprint density at radius 2 is 1.24 bits per heavy atom. The molecule has 5 nitrogen and oxygen atoms in total. The van der Waals surface area contributed by atoms with E-state index in [1.54, 1.807) is 0 Å².